The van der Waals surface area contributed by atoms with Crippen molar-refractivity contribution >= 4 is 22.8 Å². The molecule has 4 aromatic heterocycles. The molecule has 2 bridgehead atoms. The van der Waals surface area contributed by atoms with Crippen LogP contribution in [0, 0.1) is 5.82 Å². The number of hydrogen-bond acceptors (Lipinski definition) is 5. The van der Waals surface area contributed by atoms with E-state index in [0.29, 0.717) is 12.3 Å². The second kappa shape index (κ2) is 6.77. The van der Waals surface area contributed by atoms with Crippen LogP contribution < -0.4 is 10.1 Å². The molecule has 2 aliphatic heterocycles. The Balaban J connectivity index is 1.42. The van der Waals surface area contributed by atoms with E-state index in [1.165, 1.54) is 4.52 Å². The van der Waals surface area contributed by atoms with Gasteiger partial charge in [-0.05, 0) is 51.8 Å². The Bertz CT molecular complexity index is 1420. The molecule has 0 aromatic carbocycles. The fraction of sp³-hybridized carbons (Fsp3) is 0.375. The van der Waals surface area contributed by atoms with E-state index >= 15 is 4.39 Å². The van der Waals surface area contributed by atoms with E-state index in [-0.39, 0.29) is 34.2 Å². The Hall–Kier alpha value is -3.46. The van der Waals surface area contributed by atoms with E-state index in [1.54, 1.807) is 48.8 Å². The fourth-order valence-corrected chi connectivity index (χ4v) is 5.23. The third-order valence-electron chi connectivity index (χ3n) is 6.56. The molecule has 2 saturated heterocycles. The number of anilines is 1. The number of nitrogens with one attached hydrogen (secondary N) is 1. The minimum absolute atomic E-state index is 0.0331. The summed E-state index contributed by atoms with van der Waals surface area (Å²) in [6.07, 6.45) is 6.55. The topological polar surface area (TPSA) is 82.2 Å². The molecule has 0 spiro atoms. The zero-order valence-corrected chi connectivity index (χ0v) is 18.6. The van der Waals surface area contributed by atoms with Crippen molar-refractivity contribution in [1.29, 1.82) is 0 Å². The van der Waals surface area contributed by atoms with Gasteiger partial charge in [-0.15, -0.1) is 0 Å². The van der Waals surface area contributed by atoms with Crippen LogP contribution in [0.15, 0.2) is 42.9 Å². The van der Waals surface area contributed by atoms with Crippen LogP contribution in [0.2, 0.25) is 0 Å². The van der Waals surface area contributed by atoms with E-state index in [0.717, 1.165) is 24.1 Å². The molecular weight excluding hydrogens is 425 g/mol. The summed E-state index contributed by atoms with van der Waals surface area (Å²) in [7, 11) is 0. The second-order valence-electron chi connectivity index (χ2n) is 9.61. The number of nitrogens with zero attached hydrogens (tertiary/aromatic N) is 4. The Morgan fingerprint density at radius 3 is 2.82 bits per heavy atom. The number of aromatic nitrogens is 4. The summed E-state index contributed by atoms with van der Waals surface area (Å²) in [6.45, 7) is 6.29. The van der Waals surface area contributed by atoms with Gasteiger partial charge in [0.2, 0.25) is 5.82 Å². The lowest BCUT2D eigenvalue weighted by atomic mass is 9.62. The summed E-state index contributed by atoms with van der Waals surface area (Å²) in [4.78, 5) is 17.7. The summed E-state index contributed by atoms with van der Waals surface area (Å²) < 4.78 is 30.5. The molecule has 7 rings (SSSR count). The Morgan fingerprint density at radius 2 is 2.09 bits per heavy atom. The third kappa shape index (κ3) is 3.02. The van der Waals surface area contributed by atoms with Crippen LogP contribution in [0.1, 0.15) is 49.8 Å². The number of carbonyl (C=O) groups is 1. The van der Waals surface area contributed by atoms with Crippen molar-refractivity contribution in [2.75, 3.05) is 11.9 Å². The molecular formula is C24H24FN5O3. The highest BCUT2D eigenvalue weighted by Gasteiger charge is 2.61. The van der Waals surface area contributed by atoms with Gasteiger partial charge in [0, 0.05) is 17.8 Å². The van der Waals surface area contributed by atoms with Gasteiger partial charge in [-0.25, -0.2) is 9.50 Å². The predicted molar refractivity (Wildman–Crippen MR) is 119 cm³/mol. The summed E-state index contributed by atoms with van der Waals surface area (Å²) in [5.41, 5.74) is 2.03. The molecule has 0 unspecified atom stereocenters. The largest absolute Gasteiger partial charge is 0.486 e. The standard InChI is InChI=1S/C24H24FN5O3/c1-14(2)33-20-16(27-22(31)17-6-4-5-15-7-8-26-30(15)17)9-29-10-18(28-21(29)19(20)25)24-11-23(3,12-24)32-13-24/h4-10,14H,11-13H2,1-3H3,(H,27,31). The molecule has 3 aliphatic rings. The van der Waals surface area contributed by atoms with E-state index in [2.05, 4.69) is 22.3 Å². The summed E-state index contributed by atoms with van der Waals surface area (Å²) in [6, 6.07) is 7.10. The van der Waals surface area contributed by atoms with Crippen LogP contribution in [0.5, 0.6) is 5.75 Å². The Morgan fingerprint density at radius 1 is 1.27 bits per heavy atom. The first kappa shape index (κ1) is 20.2. The minimum Gasteiger partial charge on any atom is -0.486 e. The van der Waals surface area contributed by atoms with Crippen molar-refractivity contribution in [3.8, 4) is 5.75 Å². The van der Waals surface area contributed by atoms with Crippen molar-refractivity contribution in [2.24, 2.45) is 0 Å². The maximum absolute atomic E-state index is 15.7. The fourth-order valence-electron chi connectivity index (χ4n) is 5.23. The summed E-state index contributed by atoms with van der Waals surface area (Å²) >= 11 is 0. The normalized spacial score (nSPS) is 23.9. The summed E-state index contributed by atoms with van der Waals surface area (Å²) in [5, 5.41) is 7.02. The second-order valence-corrected chi connectivity index (χ2v) is 9.61. The molecule has 1 saturated carbocycles. The van der Waals surface area contributed by atoms with Crippen LogP contribution in [0.25, 0.3) is 11.2 Å². The number of pyridine rings is 2. The van der Waals surface area contributed by atoms with E-state index in [9.17, 15) is 4.79 Å². The maximum Gasteiger partial charge on any atom is 0.274 e. The Labute approximate surface area is 189 Å². The van der Waals surface area contributed by atoms with Crippen molar-refractivity contribution in [3.05, 3.63) is 60.1 Å². The number of rotatable bonds is 5. The SMILES string of the molecule is CC(C)Oc1c(NC(=O)c2cccc3ccnn23)cn2cc(C34COC(C)(C3)C4)nc2c1F. The molecule has 0 radical (unpaired) electrons. The quantitative estimate of drug-likeness (QED) is 0.498. The molecule has 1 amide bonds. The van der Waals surface area contributed by atoms with Gasteiger partial charge in [0.05, 0.1) is 35.7 Å². The van der Waals surface area contributed by atoms with E-state index in [1.807, 2.05) is 12.3 Å². The van der Waals surface area contributed by atoms with E-state index < -0.39 is 11.7 Å². The molecule has 3 fully saturated rings. The van der Waals surface area contributed by atoms with Crippen LogP contribution >= 0.6 is 0 Å². The van der Waals surface area contributed by atoms with E-state index in [4.69, 9.17) is 9.47 Å². The Kier molecular flexibility index (Phi) is 4.14. The van der Waals surface area contributed by atoms with Gasteiger partial charge in [-0.2, -0.15) is 9.49 Å². The lowest BCUT2D eigenvalue weighted by Crippen LogP contribution is -2.45. The van der Waals surface area contributed by atoms with Crippen molar-refractivity contribution in [1.82, 2.24) is 19.0 Å². The molecule has 1 aliphatic carbocycles. The first-order valence-electron chi connectivity index (χ1n) is 11.0. The molecule has 4 aromatic rings. The number of ether oxygens (including phenoxy) is 2. The number of imidazole rings is 1. The average molecular weight is 449 g/mol. The zero-order valence-electron chi connectivity index (χ0n) is 18.6. The van der Waals surface area contributed by atoms with Crippen molar-refractivity contribution < 1.29 is 18.7 Å². The van der Waals surface area contributed by atoms with Gasteiger partial charge in [0.15, 0.2) is 11.4 Å². The molecule has 33 heavy (non-hydrogen) atoms. The predicted octanol–water partition coefficient (Wildman–Crippen LogP) is 3.98. The number of halogens is 1. The van der Waals surface area contributed by atoms with Gasteiger partial charge in [0.25, 0.3) is 5.91 Å². The maximum atomic E-state index is 15.7. The van der Waals surface area contributed by atoms with Crippen LogP contribution in [0.4, 0.5) is 10.1 Å². The minimum atomic E-state index is -0.609. The monoisotopic (exact) mass is 449 g/mol. The van der Waals surface area contributed by atoms with Gasteiger partial charge in [-0.3, -0.25) is 4.79 Å². The molecule has 0 atom stereocenters. The lowest BCUT2D eigenvalue weighted by molar-refractivity contribution is 0.0154. The highest BCUT2D eigenvalue weighted by Crippen LogP contribution is 2.58. The molecule has 1 N–H and O–H groups in total. The zero-order chi connectivity index (χ0) is 23.0. The molecule has 6 heterocycles. The number of amides is 1. The first-order chi connectivity index (χ1) is 15.8. The van der Waals surface area contributed by atoms with Crippen LogP contribution in [-0.2, 0) is 10.2 Å². The number of fused-ring (bicyclic) bond motifs is 3. The average Bonchev–Trinajstić information content (AvgIpc) is 3.51. The van der Waals surface area contributed by atoms with Gasteiger partial charge in [-0.1, -0.05) is 6.07 Å². The third-order valence-corrected chi connectivity index (χ3v) is 6.56. The number of carbonyl (C=O) groups excluding carboxylic acids is 1. The van der Waals surface area contributed by atoms with Crippen LogP contribution in [-0.4, -0.2) is 43.2 Å². The molecule has 8 nitrogen and oxygen atoms in total. The van der Waals surface area contributed by atoms with Crippen molar-refractivity contribution in [2.45, 2.75) is 50.7 Å². The highest BCUT2D eigenvalue weighted by molar-refractivity contribution is 6.04. The van der Waals surface area contributed by atoms with Gasteiger partial charge in [0.1, 0.15) is 11.4 Å². The highest BCUT2D eigenvalue weighted by atomic mass is 19.1. The van der Waals surface area contributed by atoms with Gasteiger partial charge >= 0.3 is 0 Å². The summed E-state index contributed by atoms with van der Waals surface area (Å²) in [5.74, 6) is -1.06. The molecule has 9 heteroatoms. The lowest BCUT2D eigenvalue weighted by Gasteiger charge is -2.41. The number of hydrogen-bond donors (Lipinski definition) is 1. The van der Waals surface area contributed by atoms with Crippen LogP contribution in [0.3, 0.4) is 0 Å². The first-order valence-corrected chi connectivity index (χ1v) is 11.0. The van der Waals surface area contributed by atoms with Gasteiger partial charge < -0.3 is 19.2 Å². The van der Waals surface area contributed by atoms with Crippen molar-refractivity contribution in [3.63, 3.8) is 0 Å². The smallest absolute Gasteiger partial charge is 0.274 e. The molecule has 170 valence electrons.